The van der Waals surface area contributed by atoms with Crippen molar-refractivity contribution in [3.8, 4) is 0 Å². The molecular formula is C13H13F13N2O7S2. The highest BCUT2D eigenvalue weighted by Crippen LogP contribution is 2.51. The molecule has 1 saturated heterocycles. The number of carbonyl (C=O) groups is 1. The first kappa shape index (κ1) is 33.4. The first-order chi connectivity index (χ1) is 16.1. The number of nitrogens with zero attached hydrogens (tertiary/aromatic N) is 2. The highest BCUT2D eigenvalue weighted by molar-refractivity contribution is 7.90. The van der Waals surface area contributed by atoms with E-state index in [1.54, 1.807) is 0 Å². The predicted octanol–water partition coefficient (Wildman–Crippen LogP) is 2.02. The molecule has 0 amide bonds. The Labute approximate surface area is 197 Å². The molecule has 0 aliphatic carbocycles. The highest BCUT2D eigenvalue weighted by Gasteiger charge is 2.82. The third-order valence-electron chi connectivity index (χ3n) is 4.63. The van der Waals surface area contributed by atoms with Crippen molar-refractivity contribution in [1.82, 2.24) is 9.21 Å². The zero-order chi connectivity index (χ0) is 29.7. The maximum Gasteiger partial charge on any atom is 0.460 e. The molecule has 1 aliphatic rings. The van der Waals surface area contributed by atoms with Gasteiger partial charge in [-0.1, -0.05) is 0 Å². The standard InChI is InChI=1S/C13H13F13N2O7S2/c14-8(15,9(16,17)11(20,21)22)6-35-7(29)5-27-1-3-28(4-2-27)36(30,31)12(23,24)10(18,19)13(25,26)37(32,33)34/h1-6H2,(H,32,33,34). The van der Waals surface area contributed by atoms with E-state index in [9.17, 15) is 78.7 Å². The number of rotatable bonds is 10. The van der Waals surface area contributed by atoms with Gasteiger partial charge in [0.1, 0.15) is 0 Å². The van der Waals surface area contributed by atoms with E-state index in [4.69, 9.17) is 4.55 Å². The molecule has 24 heteroatoms. The lowest BCUT2D eigenvalue weighted by molar-refractivity contribution is -0.359. The first-order valence-electron chi connectivity index (χ1n) is 8.88. The van der Waals surface area contributed by atoms with Crippen LogP contribution in [0.4, 0.5) is 57.1 Å². The summed E-state index contributed by atoms with van der Waals surface area (Å²) in [6, 6.07) is 0. The SMILES string of the molecule is O=C(CN1CCN(S(=O)(=O)C(F)(F)C(F)(F)C(F)(F)S(=O)(=O)O)CC1)OCC(F)(F)C(F)(F)C(F)(F)F. The quantitative estimate of drug-likeness (QED) is 0.224. The molecule has 220 valence electrons. The molecule has 1 N–H and O–H groups in total. The zero-order valence-corrected chi connectivity index (χ0v) is 18.9. The average Bonchev–Trinajstić information content (AvgIpc) is 2.70. The maximum absolute atomic E-state index is 14.0. The molecule has 0 bridgehead atoms. The topological polar surface area (TPSA) is 121 Å². The van der Waals surface area contributed by atoms with Gasteiger partial charge >= 0.3 is 50.5 Å². The smallest absolute Gasteiger partial charge is 0.458 e. The Balaban J connectivity index is 2.88. The second-order valence-corrected chi connectivity index (χ2v) is 10.6. The zero-order valence-electron chi connectivity index (χ0n) is 17.3. The van der Waals surface area contributed by atoms with Gasteiger partial charge in [-0.2, -0.15) is 69.8 Å². The van der Waals surface area contributed by atoms with Gasteiger partial charge in [0.15, 0.2) is 6.61 Å². The minimum atomic E-state index is -7.26. The van der Waals surface area contributed by atoms with E-state index in [2.05, 4.69) is 4.74 Å². The van der Waals surface area contributed by atoms with E-state index < -0.39 is 104 Å². The Kier molecular flexibility index (Phi) is 8.86. The average molecular weight is 620 g/mol. The lowest BCUT2D eigenvalue weighted by atomic mass is 10.2. The number of ether oxygens (including phenoxy) is 1. The fraction of sp³-hybridized carbons (Fsp3) is 0.923. The van der Waals surface area contributed by atoms with Crippen LogP contribution in [-0.4, -0.2) is 110 Å². The van der Waals surface area contributed by atoms with Gasteiger partial charge in [0.05, 0.1) is 6.54 Å². The van der Waals surface area contributed by atoms with Gasteiger partial charge in [0.25, 0.3) is 10.0 Å². The molecule has 0 saturated carbocycles. The third-order valence-corrected chi connectivity index (χ3v) is 7.49. The predicted molar refractivity (Wildman–Crippen MR) is 90.2 cm³/mol. The lowest BCUT2D eigenvalue weighted by Gasteiger charge is -2.37. The fourth-order valence-corrected chi connectivity index (χ4v) is 4.42. The van der Waals surface area contributed by atoms with E-state index in [-0.39, 0.29) is 0 Å². The van der Waals surface area contributed by atoms with Crippen LogP contribution in [0.15, 0.2) is 0 Å². The van der Waals surface area contributed by atoms with Crippen LogP contribution in [-0.2, 0) is 29.7 Å². The van der Waals surface area contributed by atoms with Gasteiger partial charge < -0.3 is 4.74 Å². The van der Waals surface area contributed by atoms with E-state index in [0.717, 1.165) is 0 Å². The molecule has 1 rings (SSSR count). The fourth-order valence-electron chi connectivity index (χ4n) is 2.48. The molecule has 1 aliphatic heterocycles. The Morgan fingerprint density at radius 1 is 0.730 bits per heavy atom. The van der Waals surface area contributed by atoms with E-state index in [0.29, 0.717) is 4.90 Å². The number of sulfonamides is 1. The van der Waals surface area contributed by atoms with Crippen molar-refractivity contribution in [2.75, 3.05) is 39.3 Å². The number of carbonyl (C=O) groups excluding carboxylic acids is 1. The van der Waals surface area contributed by atoms with Crippen LogP contribution in [0.25, 0.3) is 0 Å². The van der Waals surface area contributed by atoms with Crippen LogP contribution < -0.4 is 0 Å². The Morgan fingerprint density at radius 3 is 1.54 bits per heavy atom. The lowest BCUT2D eigenvalue weighted by Crippen LogP contribution is -2.64. The highest BCUT2D eigenvalue weighted by atomic mass is 32.2. The Morgan fingerprint density at radius 2 is 1.16 bits per heavy atom. The van der Waals surface area contributed by atoms with Crippen LogP contribution in [0.3, 0.4) is 0 Å². The number of esters is 1. The largest absolute Gasteiger partial charge is 0.460 e. The summed E-state index contributed by atoms with van der Waals surface area (Å²) in [4.78, 5) is 12.1. The Bertz CT molecular complexity index is 1070. The summed E-state index contributed by atoms with van der Waals surface area (Å²) in [5.41, 5.74) is 0. The summed E-state index contributed by atoms with van der Waals surface area (Å²) < 4.78 is 225. The van der Waals surface area contributed by atoms with Crippen molar-refractivity contribution >= 4 is 26.1 Å². The number of piperazine rings is 1. The molecule has 1 heterocycles. The molecule has 0 aromatic heterocycles. The van der Waals surface area contributed by atoms with Gasteiger partial charge in [-0.3, -0.25) is 14.2 Å². The van der Waals surface area contributed by atoms with Gasteiger partial charge in [0, 0.05) is 26.2 Å². The molecule has 0 atom stereocenters. The van der Waals surface area contributed by atoms with Crippen LogP contribution in [0.2, 0.25) is 0 Å². The van der Waals surface area contributed by atoms with Gasteiger partial charge in [-0.15, -0.1) is 0 Å². The molecule has 9 nitrogen and oxygen atoms in total. The molecule has 0 unspecified atom stereocenters. The number of halogens is 13. The van der Waals surface area contributed by atoms with Crippen molar-refractivity contribution in [3.05, 3.63) is 0 Å². The molecule has 0 aromatic rings. The van der Waals surface area contributed by atoms with Crippen molar-refractivity contribution in [2.45, 2.75) is 34.5 Å². The Hall–Kier alpha value is -1.66. The minimum absolute atomic E-state index is 0.555. The van der Waals surface area contributed by atoms with Crippen molar-refractivity contribution in [3.63, 3.8) is 0 Å². The van der Waals surface area contributed by atoms with Gasteiger partial charge in [-0.05, 0) is 0 Å². The third kappa shape index (κ3) is 5.85. The van der Waals surface area contributed by atoms with E-state index in [1.807, 2.05) is 0 Å². The molecule has 0 radical (unpaired) electrons. The van der Waals surface area contributed by atoms with Crippen LogP contribution in [0, 0.1) is 0 Å². The first-order valence-corrected chi connectivity index (χ1v) is 11.8. The number of hydrogen-bond acceptors (Lipinski definition) is 7. The normalized spacial score (nSPS) is 18.6. The number of hydrogen-bond donors (Lipinski definition) is 1. The monoisotopic (exact) mass is 620 g/mol. The van der Waals surface area contributed by atoms with Crippen LogP contribution in [0.5, 0.6) is 0 Å². The van der Waals surface area contributed by atoms with Crippen LogP contribution >= 0.6 is 0 Å². The van der Waals surface area contributed by atoms with Gasteiger partial charge in [0.2, 0.25) is 0 Å². The summed E-state index contributed by atoms with van der Waals surface area (Å²) in [5.74, 6) is -21.6. The molecule has 37 heavy (non-hydrogen) atoms. The van der Waals surface area contributed by atoms with E-state index >= 15 is 0 Å². The summed E-state index contributed by atoms with van der Waals surface area (Å²) in [7, 11) is -14.1. The maximum atomic E-state index is 14.0. The van der Waals surface area contributed by atoms with Crippen molar-refractivity contribution in [1.29, 1.82) is 0 Å². The molecule has 0 aromatic carbocycles. The molecule has 1 fully saturated rings. The van der Waals surface area contributed by atoms with Gasteiger partial charge in [-0.25, -0.2) is 8.42 Å². The summed E-state index contributed by atoms with van der Waals surface area (Å²) >= 11 is 0. The second kappa shape index (κ2) is 9.82. The molecule has 0 spiro atoms. The number of alkyl halides is 13. The minimum Gasteiger partial charge on any atom is -0.458 e. The summed E-state index contributed by atoms with van der Waals surface area (Å²) in [6.45, 7) is -8.48. The van der Waals surface area contributed by atoms with E-state index in [1.165, 1.54) is 0 Å². The summed E-state index contributed by atoms with van der Waals surface area (Å²) in [6.07, 6.45) is -6.73. The summed E-state index contributed by atoms with van der Waals surface area (Å²) in [5, 5.41) is -13.8. The van der Waals surface area contributed by atoms with Crippen molar-refractivity contribution in [2.24, 2.45) is 0 Å². The second-order valence-electron chi connectivity index (χ2n) is 7.20. The van der Waals surface area contributed by atoms with Crippen molar-refractivity contribution < 1.29 is 88.0 Å². The molecular weight excluding hydrogens is 607 g/mol. The van der Waals surface area contributed by atoms with Crippen LogP contribution in [0.1, 0.15) is 0 Å².